The standard InChI is InChI=1S/C12H21N3OS/c1-16-6-5-15(8-11-3-2-4-14-11)9-12-7-13-10-17-12/h7,10-11,14H,2-6,8-9H2,1H3. The summed E-state index contributed by atoms with van der Waals surface area (Å²) in [5.74, 6) is 0. The van der Waals surface area contributed by atoms with Crippen molar-refractivity contribution in [1.82, 2.24) is 15.2 Å². The number of aromatic nitrogens is 1. The van der Waals surface area contributed by atoms with E-state index in [9.17, 15) is 0 Å². The first-order chi connectivity index (χ1) is 8.38. The summed E-state index contributed by atoms with van der Waals surface area (Å²) >= 11 is 1.73. The quantitative estimate of drug-likeness (QED) is 0.798. The first-order valence-corrected chi connectivity index (χ1v) is 7.08. The Morgan fingerprint density at radius 1 is 1.65 bits per heavy atom. The molecule has 1 atom stereocenters. The summed E-state index contributed by atoms with van der Waals surface area (Å²) in [5.41, 5.74) is 1.90. The van der Waals surface area contributed by atoms with Crippen molar-refractivity contribution in [3.05, 3.63) is 16.6 Å². The van der Waals surface area contributed by atoms with Crippen LogP contribution in [0.5, 0.6) is 0 Å². The van der Waals surface area contributed by atoms with Gasteiger partial charge in [-0.3, -0.25) is 9.88 Å². The van der Waals surface area contributed by atoms with E-state index >= 15 is 0 Å². The average Bonchev–Trinajstić information content (AvgIpc) is 2.99. The maximum atomic E-state index is 5.18. The maximum Gasteiger partial charge on any atom is 0.0794 e. The van der Waals surface area contributed by atoms with Gasteiger partial charge in [-0.2, -0.15) is 0 Å². The Kier molecular flexibility index (Phi) is 5.38. The van der Waals surface area contributed by atoms with Crippen LogP contribution in [0.4, 0.5) is 0 Å². The molecule has 1 aliphatic rings. The van der Waals surface area contributed by atoms with Crippen molar-refractivity contribution in [2.24, 2.45) is 0 Å². The molecule has 0 radical (unpaired) electrons. The van der Waals surface area contributed by atoms with Crippen LogP contribution in [-0.2, 0) is 11.3 Å². The van der Waals surface area contributed by atoms with Gasteiger partial charge < -0.3 is 10.1 Å². The largest absolute Gasteiger partial charge is 0.383 e. The van der Waals surface area contributed by atoms with Crippen LogP contribution in [0, 0.1) is 0 Å². The first-order valence-electron chi connectivity index (χ1n) is 6.20. The Bertz CT molecular complexity index is 299. The number of hydrogen-bond acceptors (Lipinski definition) is 5. The molecule has 2 rings (SSSR count). The van der Waals surface area contributed by atoms with E-state index in [4.69, 9.17) is 4.74 Å². The van der Waals surface area contributed by atoms with Crippen LogP contribution in [0.2, 0.25) is 0 Å². The van der Waals surface area contributed by atoms with E-state index in [-0.39, 0.29) is 0 Å². The molecule has 1 unspecified atom stereocenters. The van der Waals surface area contributed by atoms with Crippen molar-refractivity contribution >= 4 is 11.3 Å². The normalized spacial score (nSPS) is 20.2. The molecule has 1 aromatic rings. The highest BCUT2D eigenvalue weighted by Crippen LogP contribution is 2.12. The van der Waals surface area contributed by atoms with Crippen molar-refractivity contribution in [2.75, 3.05) is 33.4 Å². The molecular formula is C12H21N3OS. The molecule has 1 saturated heterocycles. The highest BCUT2D eigenvalue weighted by atomic mass is 32.1. The second kappa shape index (κ2) is 7.06. The minimum Gasteiger partial charge on any atom is -0.383 e. The van der Waals surface area contributed by atoms with Crippen LogP contribution in [0.25, 0.3) is 0 Å². The smallest absolute Gasteiger partial charge is 0.0794 e. The van der Waals surface area contributed by atoms with E-state index in [1.807, 2.05) is 11.7 Å². The molecule has 17 heavy (non-hydrogen) atoms. The lowest BCUT2D eigenvalue weighted by Crippen LogP contribution is -2.38. The Morgan fingerprint density at radius 2 is 2.59 bits per heavy atom. The fraction of sp³-hybridized carbons (Fsp3) is 0.750. The van der Waals surface area contributed by atoms with Crippen molar-refractivity contribution in [3.63, 3.8) is 0 Å². The second-order valence-corrected chi connectivity index (χ2v) is 5.46. The maximum absolute atomic E-state index is 5.18. The van der Waals surface area contributed by atoms with Gasteiger partial charge in [-0.25, -0.2) is 0 Å². The molecular weight excluding hydrogens is 234 g/mol. The predicted octanol–water partition coefficient (Wildman–Crippen LogP) is 1.34. The summed E-state index contributed by atoms with van der Waals surface area (Å²) < 4.78 is 5.18. The monoisotopic (exact) mass is 255 g/mol. The molecule has 1 aromatic heterocycles. The number of nitrogens with one attached hydrogen (secondary N) is 1. The lowest BCUT2D eigenvalue weighted by Gasteiger charge is -2.24. The fourth-order valence-corrected chi connectivity index (χ4v) is 2.86. The zero-order valence-electron chi connectivity index (χ0n) is 10.4. The number of methoxy groups -OCH3 is 1. The van der Waals surface area contributed by atoms with E-state index in [0.29, 0.717) is 6.04 Å². The van der Waals surface area contributed by atoms with Gasteiger partial charge in [-0.05, 0) is 19.4 Å². The van der Waals surface area contributed by atoms with Gasteiger partial charge in [0, 0.05) is 43.9 Å². The molecule has 0 bridgehead atoms. The Labute approximate surface area is 107 Å². The fourth-order valence-electron chi connectivity index (χ4n) is 2.22. The number of rotatable bonds is 7. The first kappa shape index (κ1) is 13.0. The second-order valence-electron chi connectivity index (χ2n) is 4.49. The highest BCUT2D eigenvalue weighted by molar-refractivity contribution is 7.09. The van der Waals surface area contributed by atoms with Gasteiger partial charge >= 0.3 is 0 Å². The van der Waals surface area contributed by atoms with Gasteiger partial charge in [0.25, 0.3) is 0 Å². The van der Waals surface area contributed by atoms with Crippen molar-refractivity contribution in [2.45, 2.75) is 25.4 Å². The van der Waals surface area contributed by atoms with E-state index in [0.717, 1.165) is 26.2 Å². The zero-order chi connectivity index (χ0) is 11.9. The molecule has 5 heteroatoms. The number of thiazole rings is 1. The van der Waals surface area contributed by atoms with E-state index in [2.05, 4.69) is 15.2 Å². The number of nitrogens with zero attached hydrogens (tertiary/aromatic N) is 2. The zero-order valence-corrected chi connectivity index (χ0v) is 11.2. The van der Waals surface area contributed by atoms with Crippen molar-refractivity contribution in [3.8, 4) is 0 Å². The van der Waals surface area contributed by atoms with Gasteiger partial charge in [-0.15, -0.1) is 11.3 Å². The summed E-state index contributed by atoms with van der Waals surface area (Å²) in [4.78, 5) is 7.92. The van der Waals surface area contributed by atoms with Crippen LogP contribution >= 0.6 is 11.3 Å². The lowest BCUT2D eigenvalue weighted by atomic mass is 10.2. The third-order valence-corrected chi connectivity index (χ3v) is 3.88. The summed E-state index contributed by atoms with van der Waals surface area (Å²) in [6, 6.07) is 0.653. The Hall–Kier alpha value is -0.490. The minimum absolute atomic E-state index is 0.653. The van der Waals surface area contributed by atoms with E-state index in [1.54, 1.807) is 18.4 Å². The molecule has 96 valence electrons. The molecule has 0 spiro atoms. The highest BCUT2D eigenvalue weighted by Gasteiger charge is 2.18. The molecule has 0 aliphatic carbocycles. The summed E-state index contributed by atoms with van der Waals surface area (Å²) in [6.45, 7) is 5.06. The van der Waals surface area contributed by atoms with Crippen LogP contribution in [0.1, 0.15) is 17.7 Å². The third kappa shape index (κ3) is 4.35. The lowest BCUT2D eigenvalue weighted by molar-refractivity contribution is 0.138. The van der Waals surface area contributed by atoms with Crippen LogP contribution < -0.4 is 5.32 Å². The summed E-state index contributed by atoms with van der Waals surface area (Å²) in [6.07, 6.45) is 4.57. The molecule has 0 saturated carbocycles. The van der Waals surface area contributed by atoms with Crippen molar-refractivity contribution < 1.29 is 4.74 Å². The van der Waals surface area contributed by atoms with Gasteiger partial charge in [0.05, 0.1) is 12.1 Å². The third-order valence-electron chi connectivity index (χ3n) is 3.12. The summed E-state index contributed by atoms with van der Waals surface area (Å²) in [7, 11) is 1.76. The van der Waals surface area contributed by atoms with Gasteiger partial charge in [0.1, 0.15) is 0 Å². The molecule has 1 N–H and O–H groups in total. The Balaban J connectivity index is 1.83. The molecule has 0 amide bonds. The van der Waals surface area contributed by atoms with E-state index < -0.39 is 0 Å². The number of ether oxygens (including phenoxy) is 1. The van der Waals surface area contributed by atoms with Gasteiger partial charge in [0.15, 0.2) is 0 Å². The molecule has 4 nitrogen and oxygen atoms in total. The molecule has 2 heterocycles. The van der Waals surface area contributed by atoms with Crippen molar-refractivity contribution in [1.29, 1.82) is 0 Å². The number of hydrogen-bond donors (Lipinski definition) is 1. The van der Waals surface area contributed by atoms with Crippen LogP contribution in [0.3, 0.4) is 0 Å². The average molecular weight is 255 g/mol. The van der Waals surface area contributed by atoms with E-state index in [1.165, 1.54) is 24.3 Å². The van der Waals surface area contributed by atoms with Crippen LogP contribution in [0.15, 0.2) is 11.7 Å². The minimum atomic E-state index is 0.653. The SMILES string of the molecule is COCCN(Cc1cncs1)CC1CCCN1. The molecule has 1 aliphatic heterocycles. The predicted molar refractivity (Wildman–Crippen MR) is 70.3 cm³/mol. The summed E-state index contributed by atoms with van der Waals surface area (Å²) in [5, 5.41) is 3.55. The molecule has 0 aromatic carbocycles. The van der Waals surface area contributed by atoms with Gasteiger partial charge in [-0.1, -0.05) is 0 Å². The van der Waals surface area contributed by atoms with Crippen LogP contribution in [-0.4, -0.2) is 49.3 Å². The van der Waals surface area contributed by atoms with Gasteiger partial charge in [0.2, 0.25) is 0 Å². The molecule has 1 fully saturated rings. The Morgan fingerprint density at radius 3 is 3.24 bits per heavy atom. The topological polar surface area (TPSA) is 37.4 Å².